The number of rotatable bonds is 5. The van der Waals surface area contributed by atoms with Gasteiger partial charge in [0.1, 0.15) is 12.2 Å². The summed E-state index contributed by atoms with van der Waals surface area (Å²) in [7, 11) is 0. The van der Waals surface area contributed by atoms with Gasteiger partial charge in [-0.15, -0.1) is 0 Å². The standard InChI is InChI=1S/C18H24O3/c1-3-21-18(20)12-17(19)16-10-8-15(9-11-16)14-6-4-13(2)5-7-14/h4-7,15-16H,3,8-12H2,1-2H3. The van der Waals surface area contributed by atoms with E-state index in [2.05, 4.69) is 31.2 Å². The van der Waals surface area contributed by atoms with E-state index >= 15 is 0 Å². The molecule has 1 aromatic carbocycles. The van der Waals surface area contributed by atoms with Crippen molar-refractivity contribution in [1.82, 2.24) is 0 Å². The molecule has 0 heterocycles. The number of ether oxygens (including phenoxy) is 1. The Bertz CT molecular complexity index is 482. The van der Waals surface area contributed by atoms with Gasteiger partial charge in [0.2, 0.25) is 0 Å². The maximum atomic E-state index is 12.1. The Kier molecular flexibility index (Phi) is 5.54. The van der Waals surface area contributed by atoms with Gasteiger partial charge in [-0.2, -0.15) is 0 Å². The molecule has 0 atom stereocenters. The van der Waals surface area contributed by atoms with Crippen LogP contribution in [0.15, 0.2) is 24.3 Å². The summed E-state index contributed by atoms with van der Waals surface area (Å²) >= 11 is 0. The van der Waals surface area contributed by atoms with Crippen molar-refractivity contribution in [3.05, 3.63) is 35.4 Å². The summed E-state index contributed by atoms with van der Waals surface area (Å²) in [6.07, 6.45) is 3.77. The molecule has 1 saturated carbocycles. The van der Waals surface area contributed by atoms with Crippen LogP contribution < -0.4 is 0 Å². The molecule has 0 aromatic heterocycles. The fraction of sp³-hybridized carbons (Fsp3) is 0.556. The lowest BCUT2D eigenvalue weighted by molar-refractivity contribution is -0.146. The van der Waals surface area contributed by atoms with Gasteiger partial charge in [-0.3, -0.25) is 9.59 Å². The summed E-state index contributed by atoms with van der Waals surface area (Å²) in [5, 5.41) is 0. The van der Waals surface area contributed by atoms with Gasteiger partial charge >= 0.3 is 5.97 Å². The maximum Gasteiger partial charge on any atom is 0.313 e. The zero-order valence-electron chi connectivity index (χ0n) is 12.9. The molecule has 114 valence electrons. The van der Waals surface area contributed by atoms with Crippen LogP contribution in [0.4, 0.5) is 0 Å². The van der Waals surface area contributed by atoms with Crippen molar-refractivity contribution in [2.45, 2.75) is 51.9 Å². The van der Waals surface area contributed by atoms with E-state index in [4.69, 9.17) is 4.74 Å². The van der Waals surface area contributed by atoms with Crippen LogP contribution in [0.25, 0.3) is 0 Å². The molecule has 21 heavy (non-hydrogen) atoms. The van der Waals surface area contributed by atoms with Crippen LogP contribution in [-0.4, -0.2) is 18.4 Å². The summed E-state index contributed by atoms with van der Waals surface area (Å²) in [6, 6.07) is 8.68. The first kappa shape index (κ1) is 15.7. The Morgan fingerprint density at radius 1 is 1.10 bits per heavy atom. The van der Waals surface area contributed by atoms with Gasteiger partial charge in [0.25, 0.3) is 0 Å². The van der Waals surface area contributed by atoms with Crippen LogP contribution >= 0.6 is 0 Å². The molecule has 3 heteroatoms. The van der Waals surface area contributed by atoms with E-state index in [9.17, 15) is 9.59 Å². The van der Waals surface area contributed by atoms with Crippen molar-refractivity contribution in [3.63, 3.8) is 0 Å². The normalized spacial score (nSPS) is 21.8. The second-order valence-electron chi connectivity index (χ2n) is 5.91. The fourth-order valence-corrected chi connectivity index (χ4v) is 3.09. The van der Waals surface area contributed by atoms with Gasteiger partial charge in [0, 0.05) is 5.92 Å². The highest BCUT2D eigenvalue weighted by atomic mass is 16.5. The Balaban J connectivity index is 1.84. The summed E-state index contributed by atoms with van der Waals surface area (Å²) in [5.74, 6) is 0.257. The van der Waals surface area contributed by atoms with E-state index in [-0.39, 0.29) is 24.1 Å². The highest BCUT2D eigenvalue weighted by Crippen LogP contribution is 2.36. The van der Waals surface area contributed by atoms with Crippen molar-refractivity contribution in [3.8, 4) is 0 Å². The van der Waals surface area contributed by atoms with E-state index in [1.54, 1.807) is 6.92 Å². The van der Waals surface area contributed by atoms with Crippen molar-refractivity contribution < 1.29 is 14.3 Å². The molecular formula is C18H24O3. The first-order chi connectivity index (χ1) is 10.1. The van der Waals surface area contributed by atoms with Crippen molar-refractivity contribution >= 4 is 11.8 Å². The minimum Gasteiger partial charge on any atom is -0.466 e. The van der Waals surface area contributed by atoms with Gasteiger partial charge in [-0.05, 0) is 51.0 Å². The molecule has 1 aliphatic rings. The van der Waals surface area contributed by atoms with Gasteiger partial charge in [-0.25, -0.2) is 0 Å². The van der Waals surface area contributed by atoms with Crippen molar-refractivity contribution in [1.29, 1.82) is 0 Å². The smallest absolute Gasteiger partial charge is 0.313 e. The predicted molar refractivity (Wildman–Crippen MR) is 82.1 cm³/mol. The fourth-order valence-electron chi connectivity index (χ4n) is 3.09. The van der Waals surface area contributed by atoms with Gasteiger partial charge < -0.3 is 4.74 Å². The Labute approximate surface area is 126 Å². The molecule has 0 radical (unpaired) electrons. The molecule has 1 aromatic rings. The van der Waals surface area contributed by atoms with Crippen LogP contribution in [0, 0.1) is 12.8 Å². The third-order valence-electron chi connectivity index (χ3n) is 4.36. The largest absolute Gasteiger partial charge is 0.466 e. The lowest BCUT2D eigenvalue weighted by Gasteiger charge is -2.27. The van der Waals surface area contributed by atoms with Crippen LogP contribution in [-0.2, 0) is 14.3 Å². The molecule has 0 N–H and O–H groups in total. The Morgan fingerprint density at radius 2 is 1.71 bits per heavy atom. The SMILES string of the molecule is CCOC(=O)CC(=O)C1CCC(c2ccc(C)cc2)CC1. The maximum absolute atomic E-state index is 12.1. The molecule has 0 bridgehead atoms. The number of hydrogen-bond acceptors (Lipinski definition) is 3. The number of esters is 1. The minimum absolute atomic E-state index is 0.0381. The van der Waals surface area contributed by atoms with E-state index in [0.717, 1.165) is 25.7 Å². The molecule has 1 aliphatic carbocycles. The van der Waals surface area contributed by atoms with E-state index in [1.165, 1.54) is 11.1 Å². The summed E-state index contributed by atoms with van der Waals surface area (Å²) in [5.41, 5.74) is 2.65. The highest BCUT2D eigenvalue weighted by molar-refractivity contribution is 5.96. The number of carbonyl (C=O) groups is 2. The molecule has 0 spiro atoms. The highest BCUT2D eigenvalue weighted by Gasteiger charge is 2.28. The molecule has 3 nitrogen and oxygen atoms in total. The number of carbonyl (C=O) groups excluding carboxylic acids is 2. The Hall–Kier alpha value is -1.64. The summed E-state index contributed by atoms with van der Waals surface area (Å²) in [6.45, 7) is 4.19. The lowest BCUT2D eigenvalue weighted by atomic mass is 9.76. The van der Waals surface area contributed by atoms with E-state index in [1.807, 2.05) is 0 Å². The molecule has 2 rings (SSSR count). The van der Waals surface area contributed by atoms with E-state index < -0.39 is 0 Å². The quantitative estimate of drug-likeness (QED) is 0.611. The molecular weight excluding hydrogens is 264 g/mol. The zero-order chi connectivity index (χ0) is 15.2. The number of Topliss-reactive ketones (excluding diaryl/α,β-unsaturated/α-hetero) is 1. The first-order valence-corrected chi connectivity index (χ1v) is 7.85. The average Bonchev–Trinajstić information content (AvgIpc) is 2.48. The number of ketones is 1. The Morgan fingerprint density at radius 3 is 2.29 bits per heavy atom. The second kappa shape index (κ2) is 7.39. The topological polar surface area (TPSA) is 43.4 Å². The monoisotopic (exact) mass is 288 g/mol. The molecule has 0 aliphatic heterocycles. The van der Waals surface area contributed by atoms with Crippen LogP contribution in [0.1, 0.15) is 56.1 Å². The summed E-state index contributed by atoms with van der Waals surface area (Å²) < 4.78 is 4.85. The third-order valence-corrected chi connectivity index (χ3v) is 4.36. The first-order valence-electron chi connectivity index (χ1n) is 7.85. The average molecular weight is 288 g/mol. The number of hydrogen-bond donors (Lipinski definition) is 0. The zero-order valence-corrected chi connectivity index (χ0v) is 12.9. The van der Waals surface area contributed by atoms with Crippen molar-refractivity contribution in [2.75, 3.05) is 6.61 Å². The number of benzene rings is 1. The lowest BCUT2D eigenvalue weighted by Crippen LogP contribution is -2.24. The second-order valence-corrected chi connectivity index (χ2v) is 5.91. The molecule has 0 unspecified atom stereocenters. The number of aryl methyl sites for hydroxylation is 1. The molecule has 0 amide bonds. The van der Waals surface area contributed by atoms with Crippen molar-refractivity contribution in [2.24, 2.45) is 5.92 Å². The molecule has 0 saturated heterocycles. The third kappa shape index (κ3) is 4.42. The van der Waals surface area contributed by atoms with Gasteiger partial charge in [0.15, 0.2) is 0 Å². The molecule has 1 fully saturated rings. The van der Waals surface area contributed by atoms with Gasteiger partial charge in [-0.1, -0.05) is 29.8 Å². The van der Waals surface area contributed by atoms with E-state index in [0.29, 0.717) is 12.5 Å². The van der Waals surface area contributed by atoms with Crippen LogP contribution in [0.5, 0.6) is 0 Å². The van der Waals surface area contributed by atoms with Gasteiger partial charge in [0.05, 0.1) is 6.61 Å². The minimum atomic E-state index is -0.386. The van der Waals surface area contributed by atoms with Crippen LogP contribution in [0.2, 0.25) is 0 Å². The van der Waals surface area contributed by atoms with Crippen LogP contribution in [0.3, 0.4) is 0 Å². The summed E-state index contributed by atoms with van der Waals surface area (Å²) in [4.78, 5) is 23.4. The predicted octanol–water partition coefficient (Wildman–Crippen LogP) is 3.79.